The summed E-state index contributed by atoms with van der Waals surface area (Å²) < 4.78 is 1.46. The first-order valence-corrected chi connectivity index (χ1v) is 10.8. The number of aromatic nitrogens is 2. The molecule has 2 heterocycles. The number of hydrogen-bond acceptors (Lipinski definition) is 4. The van der Waals surface area contributed by atoms with Gasteiger partial charge in [0.2, 0.25) is 5.91 Å². The molecule has 0 bridgehead atoms. The zero-order valence-corrected chi connectivity index (χ0v) is 17.8. The SMILES string of the molecule is CN(Cc1ccccc1N1CCCCC1)C(=O)CCn1c(=O)[nH]c(=O)c2ccccc21. The fourth-order valence-electron chi connectivity index (χ4n) is 4.29. The molecule has 7 nitrogen and oxygen atoms in total. The lowest BCUT2D eigenvalue weighted by Crippen LogP contribution is -2.34. The summed E-state index contributed by atoms with van der Waals surface area (Å²) in [6.45, 7) is 2.84. The number of nitrogens with zero attached hydrogens (tertiary/aromatic N) is 3. The second-order valence-corrected chi connectivity index (χ2v) is 8.10. The van der Waals surface area contributed by atoms with E-state index in [-0.39, 0.29) is 18.9 Å². The van der Waals surface area contributed by atoms with Gasteiger partial charge in [-0.15, -0.1) is 0 Å². The molecule has 0 atom stereocenters. The zero-order chi connectivity index (χ0) is 21.8. The number of rotatable bonds is 6. The molecule has 1 aliphatic heterocycles. The minimum atomic E-state index is -0.491. The van der Waals surface area contributed by atoms with Crippen LogP contribution in [0.3, 0.4) is 0 Å². The number of carbonyl (C=O) groups excluding carboxylic acids is 1. The first-order valence-electron chi connectivity index (χ1n) is 10.8. The number of piperidine rings is 1. The van der Waals surface area contributed by atoms with Crippen LogP contribution >= 0.6 is 0 Å². The fraction of sp³-hybridized carbons (Fsp3) is 0.375. The maximum absolute atomic E-state index is 12.8. The van der Waals surface area contributed by atoms with Crippen molar-refractivity contribution in [3.05, 3.63) is 74.9 Å². The van der Waals surface area contributed by atoms with Crippen LogP contribution in [0.15, 0.2) is 58.1 Å². The Morgan fingerprint density at radius 3 is 2.52 bits per heavy atom. The first kappa shape index (κ1) is 20.9. The number of H-pyrrole nitrogens is 1. The first-order chi connectivity index (χ1) is 15.0. The third-order valence-corrected chi connectivity index (χ3v) is 5.98. The van der Waals surface area contributed by atoms with Gasteiger partial charge in [-0.3, -0.25) is 19.1 Å². The highest BCUT2D eigenvalue weighted by molar-refractivity contribution is 5.79. The van der Waals surface area contributed by atoms with Crippen molar-refractivity contribution in [2.45, 2.75) is 38.8 Å². The molecule has 0 saturated carbocycles. The van der Waals surface area contributed by atoms with Crippen LogP contribution in [0, 0.1) is 0 Å². The average molecular weight is 421 g/mol. The van der Waals surface area contributed by atoms with Crippen molar-refractivity contribution < 1.29 is 4.79 Å². The van der Waals surface area contributed by atoms with Gasteiger partial charge in [-0.05, 0) is 43.0 Å². The molecular formula is C24H28N4O3. The molecular weight excluding hydrogens is 392 g/mol. The third kappa shape index (κ3) is 4.55. The van der Waals surface area contributed by atoms with Gasteiger partial charge in [-0.25, -0.2) is 4.79 Å². The number of anilines is 1. The van der Waals surface area contributed by atoms with E-state index in [1.165, 1.54) is 29.5 Å². The number of aryl methyl sites for hydroxylation is 1. The van der Waals surface area contributed by atoms with E-state index in [4.69, 9.17) is 0 Å². The number of carbonyl (C=O) groups is 1. The molecule has 1 N–H and O–H groups in total. The predicted octanol–water partition coefficient (Wildman–Crippen LogP) is 2.73. The van der Waals surface area contributed by atoms with Crippen LogP contribution in [0.5, 0.6) is 0 Å². The van der Waals surface area contributed by atoms with E-state index in [1.807, 2.05) is 12.1 Å². The van der Waals surface area contributed by atoms with Crippen LogP contribution in [0.25, 0.3) is 10.9 Å². The van der Waals surface area contributed by atoms with Gasteiger partial charge in [-0.1, -0.05) is 30.3 Å². The lowest BCUT2D eigenvalue weighted by Gasteiger charge is -2.31. The molecule has 162 valence electrons. The van der Waals surface area contributed by atoms with Gasteiger partial charge in [0.1, 0.15) is 0 Å². The number of fused-ring (bicyclic) bond motifs is 1. The quantitative estimate of drug-likeness (QED) is 0.665. The summed E-state index contributed by atoms with van der Waals surface area (Å²) in [5.41, 5.74) is 1.97. The Kier molecular flexibility index (Phi) is 6.21. The van der Waals surface area contributed by atoms with Crippen molar-refractivity contribution in [3.8, 4) is 0 Å². The van der Waals surface area contributed by atoms with Crippen molar-refractivity contribution in [1.82, 2.24) is 14.5 Å². The van der Waals surface area contributed by atoms with Gasteiger partial charge >= 0.3 is 5.69 Å². The lowest BCUT2D eigenvalue weighted by molar-refractivity contribution is -0.130. The number of hydrogen-bond donors (Lipinski definition) is 1. The Morgan fingerprint density at radius 1 is 1.00 bits per heavy atom. The molecule has 3 aromatic rings. The van der Waals surface area contributed by atoms with Gasteiger partial charge < -0.3 is 9.80 Å². The number of benzene rings is 2. The van der Waals surface area contributed by atoms with Gasteiger partial charge in [0, 0.05) is 45.3 Å². The molecule has 1 aliphatic rings. The number of aromatic amines is 1. The topological polar surface area (TPSA) is 78.4 Å². The molecule has 4 rings (SSSR count). The number of amides is 1. The maximum Gasteiger partial charge on any atom is 0.328 e. The Balaban J connectivity index is 1.47. The summed E-state index contributed by atoms with van der Waals surface area (Å²) in [7, 11) is 1.79. The van der Waals surface area contributed by atoms with E-state index in [1.54, 1.807) is 36.2 Å². The number of para-hydroxylation sites is 2. The van der Waals surface area contributed by atoms with Crippen LogP contribution < -0.4 is 16.1 Å². The highest BCUT2D eigenvalue weighted by atomic mass is 16.2. The minimum Gasteiger partial charge on any atom is -0.371 e. The van der Waals surface area contributed by atoms with E-state index < -0.39 is 11.2 Å². The Morgan fingerprint density at radius 2 is 1.71 bits per heavy atom. The molecule has 2 aromatic carbocycles. The predicted molar refractivity (Wildman–Crippen MR) is 122 cm³/mol. The normalized spacial score (nSPS) is 14.0. The van der Waals surface area contributed by atoms with Gasteiger partial charge in [0.15, 0.2) is 0 Å². The van der Waals surface area contributed by atoms with Crippen LogP contribution in [-0.2, 0) is 17.9 Å². The van der Waals surface area contributed by atoms with Crippen LogP contribution in [0.4, 0.5) is 5.69 Å². The number of nitrogens with one attached hydrogen (secondary N) is 1. The van der Waals surface area contributed by atoms with Gasteiger partial charge in [-0.2, -0.15) is 0 Å². The summed E-state index contributed by atoms with van der Waals surface area (Å²) >= 11 is 0. The van der Waals surface area contributed by atoms with E-state index >= 15 is 0 Å². The summed E-state index contributed by atoms with van der Waals surface area (Å²) in [5, 5.41) is 0.443. The van der Waals surface area contributed by atoms with Gasteiger partial charge in [0.25, 0.3) is 5.56 Å². The minimum absolute atomic E-state index is 0.0457. The van der Waals surface area contributed by atoms with Gasteiger partial charge in [0.05, 0.1) is 10.9 Å². The molecule has 0 unspecified atom stereocenters. The van der Waals surface area contributed by atoms with E-state index in [0.29, 0.717) is 17.4 Å². The summed E-state index contributed by atoms with van der Waals surface area (Å²) in [4.78, 5) is 43.6. The van der Waals surface area contributed by atoms with Crippen LogP contribution in [0.2, 0.25) is 0 Å². The standard InChI is InChI=1S/C24H28N4O3/c1-26(17-18-9-3-5-11-20(18)27-14-7-2-8-15-27)22(29)13-16-28-21-12-6-4-10-19(21)23(30)25-24(28)31/h3-6,9-12H,2,7-8,13-17H2,1H3,(H,25,30,31). The molecule has 1 fully saturated rings. The Bertz CT molecular complexity index is 1190. The van der Waals surface area contributed by atoms with Crippen molar-refractivity contribution in [2.75, 3.05) is 25.0 Å². The van der Waals surface area contributed by atoms with E-state index in [9.17, 15) is 14.4 Å². The molecule has 0 aliphatic carbocycles. The molecule has 1 amide bonds. The highest BCUT2D eigenvalue weighted by Gasteiger charge is 2.17. The van der Waals surface area contributed by atoms with Crippen LogP contribution in [-0.4, -0.2) is 40.5 Å². The molecule has 0 radical (unpaired) electrons. The molecule has 1 aromatic heterocycles. The summed E-state index contributed by atoms with van der Waals surface area (Å²) in [6, 6.07) is 15.2. The van der Waals surface area contributed by atoms with Crippen LogP contribution in [0.1, 0.15) is 31.2 Å². The lowest BCUT2D eigenvalue weighted by atomic mass is 10.1. The monoisotopic (exact) mass is 420 g/mol. The molecule has 1 saturated heterocycles. The molecule has 7 heteroatoms. The average Bonchev–Trinajstić information content (AvgIpc) is 2.79. The maximum atomic E-state index is 12.8. The molecule has 31 heavy (non-hydrogen) atoms. The largest absolute Gasteiger partial charge is 0.371 e. The van der Waals surface area contributed by atoms with E-state index in [0.717, 1.165) is 18.7 Å². The second kappa shape index (κ2) is 9.20. The third-order valence-electron chi connectivity index (χ3n) is 5.98. The van der Waals surface area contributed by atoms with Crippen molar-refractivity contribution >= 4 is 22.5 Å². The zero-order valence-electron chi connectivity index (χ0n) is 17.8. The summed E-state index contributed by atoms with van der Waals surface area (Å²) in [5.74, 6) is -0.0457. The van der Waals surface area contributed by atoms with Crippen molar-refractivity contribution in [2.24, 2.45) is 0 Å². The van der Waals surface area contributed by atoms with E-state index in [2.05, 4.69) is 22.0 Å². The van der Waals surface area contributed by atoms with Crippen molar-refractivity contribution in [3.63, 3.8) is 0 Å². The summed E-state index contributed by atoms with van der Waals surface area (Å²) in [6.07, 6.45) is 3.85. The highest BCUT2D eigenvalue weighted by Crippen LogP contribution is 2.25. The Labute approximate surface area is 180 Å². The molecule has 0 spiro atoms. The van der Waals surface area contributed by atoms with Crippen molar-refractivity contribution in [1.29, 1.82) is 0 Å². The fourth-order valence-corrected chi connectivity index (χ4v) is 4.29. The second-order valence-electron chi connectivity index (χ2n) is 8.10. The Hall–Kier alpha value is -3.35. The smallest absolute Gasteiger partial charge is 0.328 e.